The highest BCUT2D eigenvalue weighted by molar-refractivity contribution is 7.12. The summed E-state index contributed by atoms with van der Waals surface area (Å²) in [6.45, 7) is 0.505. The van der Waals surface area contributed by atoms with Gasteiger partial charge in [-0.15, -0.1) is 11.3 Å². The van der Waals surface area contributed by atoms with Crippen LogP contribution in [-0.4, -0.2) is 27.6 Å². The molecule has 0 aliphatic heterocycles. The molecule has 0 aliphatic rings. The van der Waals surface area contributed by atoms with Gasteiger partial charge in [0.2, 0.25) is 0 Å². The minimum absolute atomic E-state index is 0.146. The van der Waals surface area contributed by atoms with Crippen LogP contribution < -0.4 is 11.1 Å². The number of rotatable bonds is 4. The molecule has 0 unspecified atom stereocenters. The Morgan fingerprint density at radius 1 is 1.62 bits per heavy atom. The van der Waals surface area contributed by atoms with Crippen molar-refractivity contribution in [2.24, 2.45) is 0 Å². The second-order valence-corrected chi connectivity index (χ2v) is 4.06. The summed E-state index contributed by atoms with van der Waals surface area (Å²) in [5.41, 5.74) is 6.14. The van der Waals surface area contributed by atoms with Crippen LogP contribution in [0.25, 0.3) is 0 Å². The first-order chi connectivity index (χ1) is 7.77. The van der Waals surface area contributed by atoms with E-state index in [-0.39, 0.29) is 5.91 Å². The van der Waals surface area contributed by atoms with Gasteiger partial charge in [0.25, 0.3) is 5.91 Å². The van der Waals surface area contributed by atoms with Crippen molar-refractivity contribution in [2.45, 2.75) is 6.42 Å². The van der Waals surface area contributed by atoms with E-state index in [0.29, 0.717) is 23.5 Å². The molecule has 0 spiro atoms. The second kappa shape index (κ2) is 4.75. The number of thiophene rings is 1. The van der Waals surface area contributed by atoms with Crippen LogP contribution in [0.5, 0.6) is 0 Å². The summed E-state index contributed by atoms with van der Waals surface area (Å²) in [7, 11) is 0. The second-order valence-electron chi connectivity index (χ2n) is 3.14. The zero-order valence-electron chi connectivity index (χ0n) is 8.43. The van der Waals surface area contributed by atoms with Crippen molar-refractivity contribution in [3.05, 3.63) is 28.5 Å². The molecule has 84 valence electrons. The van der Waals surface area contributed by atoms with Crippen LogP contribution in [0.4, 0.5) is 5.69 Å². The van der Waals surface area contributed by atoms with Gasteiger partial charge in [-0.1, -0.05) is 0 Å². The van der Waals surface area contributed by atoms with Crippen LogP contribution in [0, 0.1) is 0 Å². The van der Waals surface area contributed by atoms with Crippen LogP contribution in [0.2, 0.25) is 0 Å². The zero-order chi connectivity index (χ0) is 11.4. The van der Waals surface area contributed by atoms with Gasteiger partial charge >= 0.3 is 0 Å². The Hall–Kier alpha value is -1.89. The third-order valence-corrected chi connectivity index (χ3v) is 2.94. The van der Waals surface area contributed by atoms with Gasteiger partial charge in [-0.05, 0) is 11.4 Å². The van der Waals surface area contributed by atoms with Crippen LogP contribution in [0.1, 0.15) is 15.5 Å². The predicted molar refractivity (Wildman–Crippen MR) is 61.2 cm³/mol. The Morgan fingerprint density at radius 2 is 2.50 bits per heavy atom. The van der Waals surface area contributed by atoms with Crippen molar-refractivity contribution in [3.8, 4) is 0 Å². The maximum Gasteiger partial charge on any atom is 0.263 e. The molecule has 1 amide bonds. The predicted octanol–water partition coefficient (Wildman–Crippen LogP) is 0.421. The van der Waals surface area contributed by atoms with Gasteiger partial charge in [0.05, 0.1) is 5.69 Å². The van der Waals surface area contributed by atoms with Gasteiger partial charge < -0.3 is 11.1 Å². The van der Waals surface area contributed by atoms with Crippen LogP contribution in [0.3, 0.4) is 0 Å². The molecule has 4 N–H and O–H groups in total. The van der Waals surface area contributed by atoms with Gasteiger partial charge in [-0.3, -0.25) is 9.89 Å². The quantitative estimate of drug-likeness (QED) is 0.718. The smallest absolute Gasteiger partial charge is 0.263 e. The van der Waals surface area contributed by atoms with Crippen molar-refractivity contribution in [1.29, 1.82) is 0 Å². The molecule has 0 atom stereocenters. The molecule has 7 heteroatoms. The van der Waals surface area contributed by atoms with Crippen molar-refractivity contribution in [3.63, 3.8) is 0 Å². The average Bonchev–Trinajstić information content (AvgIpc) is 2.88. The fourth-order valence-corrected chi connectivity index (χ4v) is 1.96. The maximum atomic E-state index is 11.6. The largest absolute Gasteiger partial charge is 0.397 e. The first-order valence-electron chi connectivity index (χ1n) is 4.73. The van der Waals surface area contributed by atoms with Crippen molar-refractivity contribution >= 4 is 22.9 Å². The molecule has 0 saturated carbocycles. The average molecular weight is 237 g/mol. The van der Waals surface area contributed by atoms with E-state index < -0.39 is 0 Å². The standard InChI is InChI=1S/C9H11N5OS/c10-6-2-4-16-8(6)9(15)11-3-1-7-12-5-13-14-7/h2,4-5H,1,3,10H2,(H,11,15)(H,12,13,14). The number of nitrogens with two attached hydrogens (primary N) is 1. The van der Waals surface area contributed by atoms with Gasteiger partial charge in [0.1, 0.15) is 17.0 Å². The lowest BCUT2D eigenvalue weighted by Gasteiger charge is -2.02. The summed E-state index contributed by atoms with van der Waals surface area (Å²) in [6.07, 6.45) is 2.06. The summed E-state index contributed by atoms with van der Waals surface area (Å²) in [5.74, 6) is 0.603. The highest BCUT2D eigenvalue weighted by atomic mass is 32.1. The number of carbonyl (C=O) groups is 1. The van der Waals surface area contributed by atoms with E-state index in [4.69, 9.17) is 5.73 Å². The Labute approximate surface area is 95.9 Å². The number of hydrogen-bond donors (Lipinski definition) is 3. The number of aromatic nitrogens is 3. The number of anilines is 1. The number of nitrogens with zero attached hydrogens (tertiary/aromatic N) is 2. The maximum absolute atomic E-state index is 11.6. The summed E-state index contributed by atoms with van der Waals surface area (Å²) in [4.78, 5) is 16.1. The molecule has 2 aromatic rings. The molecule has 2 aromatic heterocycles. The van der Waals surface area contributed by atoms with Crippen molar-refractivity contribution < 1.29 is 4.79 Å². The molecule has 0 saturated heterocycles. The monoisotopic (exact) mass is 237 g/mol. The highest BCUT2D eigenvalue weighted by Gasteiger charge is 2.10. The van der Waals surface area contributed by atoms with Crippen LogP contribution in [-0.2, 0) is 6.42 Å². The van der Waals surface area contributed by atoms with Gasteiger partial charge in [-0.25, -0.2) is 4.98 Å². The minimum atomic E-state index is -0.146. The SMILES string of the molecule is Nc1ccsc1C(=O)NCCc1ncn[nH]1. The van der Waals surface area contributed by atoms with E-state index in [9.17, 15) is 4.79 Å². The number of amides is 1. The Kier molecular flexibility index (Phi) is 3.16. The summed E-state index contributed by atoms with van der Waals surface area (Å²) >= 11 is 1.33. The molecular formula is C9H11N5OS. The topological polar surface area (TPSA) is 96.7 Å². The number of nitrogens with one attached hydrogen (secondary N) is 2. The first kappa shape index (κ1) is 10.6. The third kappa shape index (κ3) is 2.37. The Bertz CT molecular complexity index is 464. The Balaban J connectivity index is 1.83. The van der Waals surface area contributed by atoms with Crippen LogP contribution in [0.15, 0.2) is 17.8 Å². The van der Waals surface area contributed by atoms with Gasteiger partial charge in [0, 0.05) is 13.0 Å². The van der Waals surface area contributed by atoms with E-state index >= 15 is 0 Å². The molecule has 0 bridgehead atoms. The summed E-state index contributed by atoms with van der Waals surface area (Å²) < 4.78 is 0. The fraction of sp³-hybridized carbons (Fsp3) is 0.222. The minimum Gasteiger partial charge on any atom is -0.397 e. The highest BCUT2D eigenvalue weighted by Crippen LogP contribution is 2.17. The first-order valence-corrected chi connectivity index (χ1v) is 5.61. The Morgan fingerprint density at radius 3 is 3.12 bits per heavy atom. The molecule has 6 nitrogen and oxygen atoms in total. The van der Waals surface area contributed by atoms with E-state index in [0.717, 1.165) is 5.82 Å². The van der Waals surface area contributed by atoms with E-state index in [1.165, 1.54) is 17.7 Å². The molecule has 0 aliphatic carbocycles. The number of H-pyrrole nitrogens is 1. The normalized spacial score (nSPS) is 10.2. The third-order valence-electron chi connectivity index (χ3n) is 2.01. The zero-order valence-corrected chi connectivity index (χ0v) is 9.25. The van der Waals surface area contributed by atoms with Crippen LogP contribution >= 0.6 is 11.3 Å². The molecule has 2 rings (SSSR count). The number of hydrogen-bond acceptors (Lipinski definition) is 5. The molecule has 16 heavy (non-hydrogen) atoms. The lowest BCUT2D eigenvalue weighted by molar-refractivity contribution is 0.0959. The number of nitrogen functional groups attached to an aromatic ring is 1. The van der Waals surface area contributed by atoms with E-state index in [1.54, 1.807) is 11.4 Å². The molecule has 0 aromatic carbocycles. The summed E-state index contributed by atoms with van der Waals surface area (Å²) in [5, 5.41) is 11.0. The van der Waals surface area contributed by atoms with Gasteiger partial charge in [-0.2, -0.15) is 5.10 Å². The summed E-state index contributed by atoms with van der Waals surface area (Å²) in [6, 6.07) is 1.72. The molecule has 2 heterocycles. The van der Waals surface area contributed by atoms with Gasteiger partial charge in [0.15, 0.2) is 0 Å². The lowest BCUT2D eigenvalue weighted by Crippen LogP contribution is -2.25. The molecule has 0 radical (unpaired) electrons. The van der Waals surface area contributed by atoms with E-state index in [2.05, 4.69) is 20.5 Å². The number of carbonyl (C=O) groups excluding carboxylic acids is 1. The van der Waals surface area contributed by atoms with Crippen molar-refractivity contribution in [2.75, 3.05) is 12.3 Å². The fourth-order valence-electron chi connectivity index (χ4n) is 1.23. The molecular weight excluding hydrogens is 226 g/mol. The molecule has 0 fully saturated rings. The van der Waals surface area contributed by atoms with Crippen molar-refractivity contribution in [1.82, 2.24) is 20.5 Å². The van der Waals surface area contributed by atoms with E-state index in [1.807, 2.05) is 0 Å². The number of aromatic amines is 1. The lowest BCUT2D eigenvalue weighted by atomic mass is 10.3.